The van der Waals surface area contributed by atoms with Gasteiger partial charge in [0.1, 0.15) is 0 Å². The first kappa shape index (κ1) is 41.4. The Labute approximate surface area is 410 Å². The summed E-state index contributed by atoms with van der Waals surface area (Å²) in [5, 5.41) is 7.36. The van der Waals surface area contributed by atoms with Crippen molar-refractivity contribution in [2.24, 2.45) is 0 Å². The third-order valence-corrected chi connectivity index (χ3v) is 14.8. The van der Waals surface area contributed by atoms with Crippen LogP contribution in [0.1, 0.15) is 25.0 Å². The van der Waals surface area contributed by atoms with Gasteiger partial charge in [0.2, 0.25) is 0 Å². The van der Waals surface area contributed by atoms with Crippen molar-refractivity contribution in [2.75, 3.05) is 4.90 Å². The van der Waals surface area contributed by atoms with E-state index in [-0.39, 0.29) is 5.41 Å². The molecule has 1 heteroatoms. The van der Waals surface area contributed by atoms with Gasteiger partial charge in [0.15, 0.2) is 0 Å². The first-order valence-corrected chi connectivity index (χ1v) is 24.4. The highest BCUT2D eigenvalue weighted by molar-refractivity contribution is 6.22. The van der Waals surface area contributed by atoms with Crippen LogP contribution in [-0.4, -0.2) is 0 Å². The molecular weight excluding hydrogens is 843 g/mol. The van der Waals surface area contributed by atoms with Gasteiger partial charge in [0, 0.05) is 27.7 Å². The van der Waals surface area contributed by atoms with Crippen molar-refractivity contribution in [3.63, 3.8) is 0 Å². The first-order chi connectivity index (χ1) is 34.5. The SMILES string of the molecule is CC1(C)c2cc(-c3ccccc3)ccc2-c2ccc(N(c3ccc(-c4cccc(-c5ccccc5)c4)cc3)c3c(-c4cccc(-c5ccc6ccccc6c5)c4)c4ccccc4c4ccccc34)cc21. The van der Waals surface area contributed by atoms with Crippen molar-refractivity contribution < 1.29 is 0 Å². The summed E-state index contributed by atoms with van der Waals surface area (Å²) >= 11 is 0. The fourth-order valence-corrected chi connectivity index (χ4v) is 11.3. The maximum absolute atomic E-state index is 2.55. The van der Waals surface area contributed by atoms with E-state index in [0.717, 1.165) is 17.1 Å². The lowest BCUT2D eigenvalue weighted by atomic mass is 9.81. The molecule has 0 saturated carbocycles. The quantitative estimate of drug-likeness (QED) is 0.137. The predicted octanol–water partition coefficient (Wildman–Crippen LogP) is 19.3. The summed E-state index contributed by atoms with van der Waals surface area (Å²) in [5.74, 6) is 0. The van der Waals surface area contributed by atoms with E-state index in [0.29, 0.717) is 0 Å². The van der Waals surface area contributed by atoms with Crippen LogP contribution >= 0.6 is 0 Å². The van der Waals surface area contributed by atoms with E-state index in [1.807, 2.05) is 0 Å². The van der Waals surface area contributed by atoms with E-state index in [1.54, 1.807) is 0 Å². The Morgan fingerprint density at radius 3 is 1.39 bits per heavy atom. The monoisotopic (exact) mass is 891 g/mol. The lowest BCUT2D eigenvalue weighted by Gasteiger charge is -2.32. The summed E-state index contributed by atoms with van der Waals surface area (Å²) in [6.07, 6.45) is 0. The largest absolute Gasteiger partial charge is 0.309 e. The van der Waals surface area contributed by atoms with Gasteiger partial charge in [0.05, 0.1) is 5.69 Å². The Kier molecular flexibility index (Phi) is 9.92. The number of benzene rings is 12. The fraction of sp³-hybridized carbons (Fsp3) is 0.0435. The molecule has 0 saturated heterocycles. The minimum Gasteiger partial charge on any atom is -0.309 e. The second-order valence-corrected chi connectivity index (χ2v) is 19.3. The molecule has 330 valence electrons. The van der Waals surface area contributed by atoms with Crippen LogP contribution in [0.2, 0.25) is 0 Å². The molecule has 1 aliphatic carbocycles. The summed E-state index contributed by atoms with van der Waals surface area (Å²) in [6, 6.07) is 96.4. The van der Waals surface area contributed by atoms with Gasteiger partial charge < -0.3 is 4.90 Å². The molecule has 12 aromatic rings. The Hall–Kier alpha value is -8.78. The second-order valence-electron chi connectivity index (χ2n) is 19.3. The Bertz CT molecular complexity index is 3960. The molecule has 0 spiro atoms. The van der Waals surface area contributed by atoms with E-state index in [1.165, 1.54) is 110 Å². The Morgan fingerprint density at radius 2 is 0.700 bits per heavy atom. The molecule has 0 radical (unpaired) electrons. The zero-order valence-electron chi connectivity index (χ0n) is 39.3. The summed E-state index contributed by atoms with van der Waals surface area (Å²) in [6.45, 7) is 4.79. The van der Waals surface area contributed by atoms with E-state index in [9.17, 15) is 0 Å². The Morgan fingerprint density at radius 1 is 0.271 bits per heavy atom. The number of fused-ring (bicyclic) bond motifs is 7. The standard InChI is InChI=1S/C69H49N/c1-69(2)65-44-55(47-19-7-4-8-20-47)35-39-61(65)62-40-38-58(45-66(62)69)70(57-36-33-49(34-37-57)52-24-15-23-51(41-52)46-17-5-3-6-18-46)68-64-30-14-12-28-60(64)59-27-11-13-29-63(59)67(68)56-26-16-25-53(43-56)54-32-31-48-21-9-10-22-50(48)42-54/h3-45H,1-2H3. The highest BCUT2D eigenvalue weighted by Gasteiger charge is 2.37. The summed E-state index contributed by atoms with van der Waals surface area (Å²) < 4.78 is 0. The number of hydrogen-bond donors (Lipinski definition) is 0. The zero-order valence-corrected chi connectivity index (χ0v) is 39.3. The molecule has 0 fully saturated rings. The summed E-state index contributed by atoms with van der Waals surface area (Å²) in [4.78, 5) is 2.55. The molecule has 0 atom stereocenters. The molecule has 0 unspecified atom stereocenters. The van der Waals surface area contributed by atoms with Crippen LogP contribution < -0.4 is 4.90 Å². The van der Waals surface area contributed by atoms with Gasteiger partial charge in [-0.25, -0.2) is 0 Å². The van der Waals surface area contributed by atoms with Crippen LogP contribution in [0, 0.1) is 0 Å². The highest BCUT2D eigenvalue weighted by Crippen LogP contribution is 2.54. The summed E-state index contributed by atoms with van der Waals surface area (Å²) in [7, 11) is 0. The van der Waals surface area contributed by atoms with Crippen LogP contribution in [0.25, 0.3) is 99.1 Å². The Balaban J connectivity index is 1.04. The maximum Gasteiger partial charge on any atom is 0.0624 e. The van der Waals surface area contributed by atoms with Crippen molar-refractivity contribution >= 4 is 49.4 Å². The van der Waals surface area contributed by atoms with Gasteiger partial charge in [-0.1, -0.05) is 226 Å². The zero-order chi connectivity index (χ0) is 46.8. The number of anilines is 3. The van der Waals surface area contributed by atoms with Gasteiger partial charge in [-0.2, -0.15) is 0 Å². The predicted molar refractivity (Wildman–Crippen MR) is 298 cm³/mol. The van der Waals surface area contributed by atoms with Crippen molar-refractivity contribution in [1.29, 1.82) is 0 Å². The normalized spacial score (nSPS) is 12.5. The molecule has 0 bridgehead atoms. The molecule has 70 heavy (non-hydrogen) atoms. The van der Waals surface area contributed by atoms with E-state index >= 15 is 0 Å². The van der Waals surface area contributed by atoms with Gasteiger partial charge in [0.25, 0.3) is 0 Å². The lowest BCUT2D eigenvalue weighted by Crippen LogP contribution is -2.17. The van der Waals surface area contributed by atoms with Crippen LogP contribution in [0.5, 0.6) is 0 Å². The molecule has 0 amide bonds. The van der Waals surface area contributed by atoms with E-state index in [4.69, 9.17) is 0 Å². The first-order valence-electron chi connectivity index (χ1n) is 24.4. The maximum atomic E-state index is 2.55. The average molecular weight is 892 g/mol. The topological polar surface area (TPSA) is 3.24 Å². The van der Waals surface area contributed by atoms with Crippen molar-refractivity contribution in [2.45, 2.75) is 19.3 Å². The third kappa shape index (κ3) is 7.01. The van der Waals surface area contributed by atoms with Crippen LogP contribution in [0.15, 0.2) is 261 Å². The minimum absolute atomic E-state index is 0.243. The molecule has 1 nitrogen and oxygen atoms in total. The van der Waals surface area contributed by atoms with Crippen LogP contribution in [0.4, 0.5) is 17.1 Å². The lowest BCUT2D eigenvalue weighted by molar-refractivity contribution is 0.660. The number of rotatable bonds is 8. The van der Waals surface area contributed by atoms with E-state index < -0.39 is 0 Å². The second kappa shape index (κ2) is 16.8. The van der Waals surface area contributed by atoms with Crippen LogP contribution in [-0.2, 0) is 5.41 Å². The van der Waals surface area contributed by atoms with Crippen LogP contribution in [0.3, 0.4) is 0 Å². The molecule has 0 aliphatic heterocycles. The molecular formula is C69H49N. The number of nitrogens with zero attached hydrogens (tertiary/aromatic N) is 1. The van der Waals surface area contributed by atoms with Crippen molar-refractivity contribution in [1.82, 2.24) is 0 Å². The van der Waals surface area contributed by atoms with Gasteiger partial charge >= 0.3 is 0 Å². The van der Waals surface area contributed by atoms with Crippen molar-refractivity contribution in [3.8, 4) is 66.8 Å². The molecule has 0 N–H and O–H groups in total. The smallest absolute Gasteiger partial charge is 0.0624 e. The minimum atomic E-state index is -0.243. The molecule has 1 aliphatic rings. The fourth-order valence-electron chi connectivity index (χ4n) is 11.3. The molecule has 0 heterocycles. The molecule has 12 aromatic carbocycles. The highest BCUT2D eigenvalue weighted by atomic mass is 15.1. The summed E-state index contributed by atoms with van der Waals surface area (Å²) in [5.41, 5.74) is 20.4. The number of hydrogen-bond acceptors (Lipinski definition) is 1. The van der Waals surface area contributed by atoms with Gasteiger partial charge in [-0.3, -0.25) is 0 Å². The molecule has 13 rings (SSSR count). The van der Waals surface area contributed by atoms with Gasteiger partial charge in [-0.05, 0) is 148 Å². The van der Waals surface area contributed by atoms with Gasteiger partial charge in [-0.15, -0.1) is 0 Å². The molecule has 0 aromatic heterocycles. The van der Waals surface area contributed by atoms with Crippen molar-refractivity contribution in [3.05, 3.63) is 272 Å². The third-order valence-electron chi connectivity index (χ3n) is 14.8. The van der Waals surface area contributed by atoms with E-state index in [2.05, 4.69) is 280 Å². The average Bonchev–Trinajstić information content (AvgIpc) is 3.66.